The summed E-state index contributed by atoms with van der Waals surface area (Å²) in [7, 11) is 0. The van der Waals surface area contributed by atoms with Crippen molar-refractivity contribution in [3.8, 4) is 17.1 Å². The van der Waals surface area contributed by atoms with E-state index in [1.807, 2.05) is 12.2 Å². The molecule has 1 aliphatic rings. The number of carbonyl (C=O) groups excluding carboxylic acids is 1. The van der Waals surface area contributed by atoms with Crippen LogP contribution in [0, 0.1) is 11.6 Å². The maximum atomic E-state index is 14.0. The van der Waals surface area contributed by atoms with Gasteiger partial charge in [0.25, 0.3) is 5.91 Å². The molecule has 3 heterocycles. The highest BCUT2D eigenvalue weighted by Crippen LogP contribution is 2.24. The van der Waals surface area contributed by atoms with Gasteiger partial charge in [0.2, 0.25) is 0 Å². The lowest BCUT2D eigenvalue weighted by Gasteiger charge is -2.13. The molecule has 0 unspecified atom stereocenters. The fourth-order valence-corrected chi connectivity index (χ4v) is 2.65. The molecule has 4 rings (SSSR count). The molecule has 1 N–H and O–H groups in total. The summed E-state index contributed by atoms with van der Waals surface area (Å²) in [6.07, 6.45) is 5.36. The van der Waals surface area contributed by atoms with Gasteiger partial charge in [-0.1, -0.05) is 18.2 Å². The third-order valence-electron chi connectivity index (χ3n) is 3.91. The molecule has 0 fully saturated rings. The molecule has 1 amide bonds. The van der Waals surface area contributed by atoms with Gasteiger partial charge in [-0.15, -0.1) is 5.10 Å². The predicted octanol–water partition coefficient (Wildman–Crippen LogP) is 1.95. The summed E-state index contributed by atoms with van der Waals surface area (Å²) in [5.41, 5.74) is 0.738. The lowest BCUT2D eigenvalue weighted by Crippen LogP contribution is -2.28. The molecule has 0 atom stereocenters. The molecular formula is C16H12F2N6O. The molecule has 25 heavy (non-hydrogen) atoms. The minimum Gasteiger partial charge on any atom is -0.355 e. The quantitative estimate of drug-likeness (QED) is 0.738. The number of benzene rings is 1. The lowest BCUT2D eigenvalue weighted by molar-refractivity contribution is 0.0795. The number of hydrogen-bond acceptors (Lipinski definition) is 4. The Hall–Kier alpha value is -3.36. The van der Waals surface area contributed by atoms with Gasteiger partial charge in [-0.3, -0.25) is 4.79 Å². The molecule has 0 aliphatic carbocycles. The van der Waals surface area contributed by atoms with E-state index >= 15 is 0 Å². The number of aromatic nitrogens is 5. The standard InChI is InChI=1S/C16H12F2N6O/c17-12-5-3-4-11(14(12)18)15-20-21-22-24(15)10-8-13(19-9-10)16(25)23-6-1-2-7-23/h1-5,8-9,19H,6-7H2. The predicted molar refractivity (Wildman–Crippen MR) is 83.9 cm³/mol. The molecule has 9 heteroatoms. The molecule has 0 spiro atoms. The van der Waals surface area contributed by atoms with Crippen LogP contribution in [0.5, 0.6) is 0 Å². The number of aromatic amines is 1. The number of carbonyl (C=O) groups is 1. The first-order valence-corrected chi connectivity index (χ1v) is 7.51. The van der Waals surface area contributed by atoms with Crippen LogP contribution in [0.4, 0.5) is 8.78 Å². The van der Waals surface area contributed by atoms with E-state index in [9.17, 15) is 13.6 Å². The van der Waals surface area contributed by atoms with Crippen LogP contribution in [0.15, 0.2) is 42.6 Å². The van der Waals surface area contributed by atoms with Crippen LogP contribution in [-0.4, -0.2) is 49.1 Å². The summed E-state index contributed by atoms with van der Waals surface area (Å²) in [6, 6.07) is 5.34. The Morgan fingerprint density at radius 1 is 1.20 bits per heavy atom. The molecule has 3 aromatic rings. The number of halogens is 2. The van der Waals surface area contributed by atoms with Gasteiger partial charge in [0.15, 0.2) is 17.5 Å². The van der Waals surface area contributed by atoms with Crippen LogP contribution in [0.25, 0.3) is 17.1 Å². The van der Waals surface area contributed by atoms with Crippen molar-refractivity contribution in [2.24, 2.45) is 0 Å². The topological polar surface area (TPSA) is 79.7 Å². The van der Waals surface area contributed by atoms with Crippen molar-refractivity contribution >= 4 is 5.91 Å². The fourth-order valence-electron chi connectivity index (χ4n) is 2.65. The van der Waals surface area contributed by atoms with Gasteiger partial charge < -0.3 is 9.88 Å². The lowest BCUT2D eigenvalue weighted by atomic mass is 10.2. The van der Waals surface area contributed by atoms with Gasteiger partial charge in [0, 0.05) is 19.3 Å². The largest absolute Gasteiger partial charge is 0.355 e. The van der Waals surface area contributed by atoms with E-state index in [0.29, 0.717) is 24.5 Å². The second-order valence-corrected chi connectivity index (χ2v) is 5.47. The Balaban J connectivity index is 1.69. The molecule has 1 aromatic carbocycles. The Morgan fingerprint density at radius 2 is 2.00 bits per heavy atom. The van der Waals surface area contributed by atoms with Crippen molar-refractivity contribution in [2.45, 2.75) is 0 Å². The van der Waals surface area contributed by atoms with Gasteiger partial charge in [-0.2, -0.15) is 4.68 Å². The molecule has 1 aliphatic heterocycles. The number of amides is 1. The van der Waals surface area contributed by atoms with E-state index in [2.05, 4.69) is 20.5 Å². The Morgan fingerprint density at radius 3 is 2.80 bits per heavy atom. The van der Waals surface area contributed by atoms with E-state index in [0.717, 1.165) is 6.07 Å². The maximum Gasteiger partial charge on any atom is 0.270 e. The SMILES string of the molecule is O=C(c1cc(-n2nnnc2-c2cccc(F)c2F)c[nH]1)N1CC=CC1. The van der Waals surface area contributed by atoms with Crippen LogP contribution >= 0.6 is 0 Å². The maximum absolute atomic E-state index is 14.0. The van der Waals surface area contributed by atoms with Crippen molar-refractivity contribution in [1.82, 2.24) is 30.1 Å². The van der Waals surface area contributed by atoms with Crippen LogP contribution in [0.1, 0.15) is 10.5 Å². The first-order valence-electron chi connectivity index (χ1n) is 7.51. The number of rotatable bonds is 3. The number of hydrogen-bond donors (Lipinski definition) is 1. The molecule has 126 valence electrons. The third kappa shape index (κ3) is 2.59. The highest BCUT2D eigenvalue weighted by molar-refractivity contribution is 5.93. The van der Waals surface area contributed by atoms with Gasteiger partial charge in [0.05, 0.1) is 11.3 Å². The molecule has 0 radical (unpaired) electrons. The third-order valence-corrected chi connectivity index (χ3v) is 3.91. The van der Waals surface area contributed by atoms with Gasteiger partial charge in [0.1, 0.15) is 5.69 Å². The first-order chi connectivity index (χ1) is 12.1. The molecule has 0 bridgehead atoms. The minimum absolute atomic E-state index is 0.0397. The first kappa shape index (κ1) is 15.2. The summed E-state index contributed by atoms with van der Waals surface area (Å²) < 4.78 is 28.8. The van der Waals surface area contributed by atoms with E-state index < -0.39 is 11.6 Å². The van der Waals surface area contributed by atoms with Gasteiger partial charge in [-0.25, -0.2) is 8.78 Å². The van der Waals surface area contributed by atoms with Crippen molar-refractivity contribution < 1.29 is 13.6 Å². The average molecular weight is 342 g/mol. The average Bonchev–Trinajstić information content (AvgIpc) is 3.37. The summed E-state index contributed by atoms with van der Waals surface area (Å²) in [5.74, 6) is -2.15. The van der Waals surface area contributed by atoms with Crippen molar-refractivity contribution in [3.05, 3.63) is 59.9 Å². The molecule has 2 aromatic heterocycles. The molecule has 0 saturated heterocycles. The smallest absolute Gasteiger partial charge is 0.270 e. The minimum atomic E-state index is -1.03. The highest BCUT2D eigenvalue weighted by atomic mass is 19.2. The summed E-state index contributed by atoms with van der Waals surface area (Å²) >= 11 is 0. The van der Waals surface area contributed by atoms with E-state index in [1.54, 1.807) is 11.0 Å². The summed E-state index contributed by atoms with van der Waals surface area (Å²) in [6.45, 7) is 1.11. The zero-order chi connectivity index (χ0) is 17.4. The number of nitrogens with zero attached hydrogens (tertiary/aromatic N) is 5. The van der Waals surface area contributed by atoms with Gasteiger partial charge in [-0.05, 0) is 28.6 Å². The van der Waals surface area contributed by atoms with Crippen LogP contribution in [0.2, 0.25) is 0 Å². The van der Waals surface area contributed by atoms with Crippen LogP contribution in [-0.2, 0) is 0 Å². The number of tetrazole rings is 1. The monoisotopic (exact) mass is 342 g/mol. The Bertz CT molecular complexity index is 969. The molecule has 7 nitrogen and oxygen atoms in total. The number of H-pyrrole nitrogens is 1. The van der Waals surface area contributed by atoms with Crippen molar-refractivity contribution in [1.29, 1.82) is 0 Å². The molecule has 0 saturated carbocycles. The molecular weight excluding hydrogens is 330 g/mol. The summed E-state index contributed by atoms with van der Waals surface area (Å²) in [5, 5.41) is 11.1. The number of nitrogens with one attached hydrogen (secondary N) is 1. The van der Waals surface area contributed by atoms with Crippen molar-refractivity contribution in [3.63, 3.8) is 0 Å². The Kier molecular flexibility index (Phi) is 3.60. The van der Waals surface area contributed by atoms with Crippen LogP contribution < -0.4 is 0 Å². The van der Waals surface area contributed by atoms with Crippen LogP contribution in [0.3, 0.4) is 0 Å². The zero-order valence-corrected chi connectivity index (χ0v) is 12.9. The fraction of sp³-hybridized carbons (Fsp3) is 0.125. The second kappa shape index (κ2) is 5.93. The normalized spacial score (nSPS) is 13.6. The zero-order valence-electron chi connectivity index (χ0n) is 12.9. The summed E-state index contributed by atoms with van der Waals surface area (Å²) in [4.78, 5) is 16.9. The van der Waals surface area contributed by atoms with Gasteiger partial charge >= 0.3 is 0 Å². The van der Waals surface area contributed by atoms with E-state index in [-0.39, 0.29) is 17.3 Å². The van der Waals surface area contributed by atoms with Crippen molar-refractivity contribution in [2.75, 3.05) is 13.1 Å². The Labute approximate surface area is 140 Å². The van der Waals surface area contributed by atoms with E-state index in [1.165, 1.54) is 23.0 Å². The highest BCUT2D eigenvalue weighted by Gasteiger charge is 2.21. The second-order valence-electron chi connectivity index (χ2n) is 5.47. The van der Waals surface area contributed by atoms with E-state index in [4.69, 9.17) is 0 Å².